The number of hydrogen-bond donors (Lipinski definition) is 2. The lowest BCUT2D eigenvalue weighted by atomic mass is 9.95. The van der Waals surface area contributed by atoms with Crippen molar-refractivity contribution in [2.24, 2.45) is 5.92 Å². The molecule has 2 N–H and O–H groups in total. The zero-order valence-corrected chi connectivity index (χ0v) is 20.6. The Balaban J connectivity index is 1.21. The van der Waals surface area contributed by atoms with Crippen LogP contribution in [-0.4, -0.2) is 40.3 Å². The number of amides is 1. The first-order valence-electron chi connectivity index (χ1n) is 10.9. The van der Waals surface area contributed by atoms with E-state index in [1.165, 1.54) is 17.3 Å². The van der Waals surface area contributed by atoms with Gasteiger partial charge in [-0.1, -0.05) is 71.4 Å². The number of hydrogen-bond acceptors (Lipinski definition) is 5. The van der Waals surface area contributed by atoms with Crippen molar-refractivity contribution in [2.75, 3.05) is 12.3 Å². The van der Waals surface area contributed by atoms with Crippen molar-refractivity contribution in [1.82, 2.24) is 20.6 Å². The van der Waals surface area contributed by atoms with Crippen LogP contribution in [0, 0.1) is 5.92 Å². The first-order chi connectivity index (χ1) is 16.0. The second kappa shape index (κ2) is 11.3. The van der Waals surface area contributed by atoms with E-state index in [1.54, 1.807) is 12.4 Å². The molecule has 3 aromatic rings. The van der Waals surface area contributed by atoms with Gasteiger partial charge in [0.2, 0.25) is 5.91 Å². The van der Waals surface area contributed by atoms with Crippen LogP contribution >= 0.6 is 35.0 Å². The van der Waals surface area contributed by atoms with Gasteiger partial charge in [0.25, 0.3) is 0 Å². The Morgan fingerprint density at radius 2 is 1.88 bits per heavy atom. The fourth-order valence-corrected chi connectivity index (χ4v) is 5.00. The molecule has 0 bridgehead atoms. The molecule has 4 rings (SSSR count). The SMILES string of the molecule is CC(NC(=O)CSc1ncc(-c2ccccc2)cn1)[C@@H]1C[C@@H](Cc2ccc(Cl)c(Cl)c2)CN1. The smallest absolute Gasteiger partial charge is 0.230 e. The maximum atomic E-state index is 12.5. The lowest BCUT2D eigenvalue weighted by Gasteiger charge is -2.21. The lowest BCUT2D eigenvalue weighted by molar-refractivity contribution is -0.119. The second-order valence-electron chi connectivity index (χ2n) is 8.33. The van der Waals surface area contributed by atoms with Crippen LogP contribution in [0.15, 0.2) is 66.1 Å². The molecule has 2 aromatic carbocycles. The molecule has 5 nitrogen and oxygen atoms in total. The van der Waals surface area contributed by atoms with Crippen molar-refractivity contribution >= 4 is 40.9 Å². The molecule has 0 saturated carbocycles. The van der Waals surface area contributed by atoms with E-state index in [-0.39, 0.29) is 23.7 Å². The van der Waals surface area contributed by atoms with Crippen molar-refractivity contribution in [3.05, 3.63) is 76.5 Å². The third kappa shape index (κ3) is 6.70. The van der Waals surface area contributed by atoms with Gasteiger partial charge in [-0.2, -0.15) is 0 Å². The number of nitrogens with zero attached hydrogens (tertiary/aromatic N) is 2. The number of carbonyl (C=O) groups is 1. The largest absolute Gasteiger partial charge is 0.351 e. The minimum atomic E-state index is -0.0158. The third-order valence-corrected chi connectivity index (χ3v) is 7.44. The van der Waals surface area contributed by atoms with Crippen LogP contribution in [0.1, 0.15) is 18.9 Å². The van der Waals surface area contributed by atoms with Gasteiger partial charge in [-0.25, -0.2) is 9.97 Å². The molecule has 2 heterocycles. The van der Waals surface area contributed by atoms with E-state index in [2.05, 4.69) is 20.6 Å². The van der Waals surface area contributed by atoms with E-state index in [0.717, 1.165) is 30.5 Å². The van der Waals surface area contributed by atoms with Gasteiger partial charge < -0.3 is 10.6 Å². The van der Waals surface area contributed by atoms with E-state index in [0.29, 0.717) is 21.1 Å². The van der Waals surface area contributed by atoms with Gasteiger partial charge in [0.05, 0.1) is 15.8 Å². The molecule has 1 aliphatic rings. The first-order valence-corrected chi connectivity index (χ1v) is 12.7. The Morgan fingerprint density at radius 3 is 2.61 bits per heavy atom. The van der Waals surface area contributed by atoms with E-state index >= 15 is 0 Å². The maximum absolute atomic E-state index is 12.5. The van der Waals surface area contributed by atoms with E-state index in [4.69, 9.17) is 23.2 Å². The Hall–Kier alpha value is -2.12. The second-order valence-corrected chi connectivity index (χ2v) is 10.1. The molecule has 1 aliphatic heterocycles. The number of halogens is 2. The summed E-state index contributed by atoms with van der Waals surface area (Å²) in [5.41, 5.74) is 3.21. The van der Waals surface area contributed by atoms with Crippen LogP contribution < -0.4 is 10.6 Å². The molecule has 8 heteroatoms. The van der Waals surface area contributed by atoms with E-state index < -0.39 is 0 Å². The van der Waals surface area contributed by atoms with Gasteiger partial charge in [-0.15, -0.1) is 0 Å². The zero-order chi connectivity index (χ0) is 23.2. The van der Waals surface area contributed by atoms with Crippen LogP contribution in [0.5, 0.6) is 0 Å². The Morgan fingerprint density at radius 1 is 1.12 bits per heavy atom. The van der Waals surface area contributed by atoms with Gasteiger partial charge in [-0.05, 0) is 55.5 Å². The van der Waals surface area contributed by atoms with Crippen LogP contribution in [-0.2, 0) is 11.2 Å². The van der Waals surface area contributed by atoms with Crippen LogP contribution in [0.2, 0.25) is 10.0 Å². The van der Waals surface area contributed by atoms with Crippen molar-refractivity contribution < 1.29 is 4.79 Å². The highest BCUT2D eigenvalue weighted by molar-refractivity contribution is 7.99. The van der Waals surface area contributed by atoms with Crippen LogP contribution in [0.25, 0.3) is 11.1 Å². The number of aromatic nitrogens is 2. The predicted octanol–water partition coefficient (Wildman–Crippen LogP) is 5.27. The quantitative estimate of drug-likeness (QED) is 0.325. The summed E-state index contributed by atoms with van der Waals surface area (Å²) < 4.78 is 0. The molecule has 0 radical (unpaired) electrons. The number of carbonyl (C=O) groups excluding carboxylic acids is 1. The minimum absolute atomic E-state index is 0.0158. The maximum Gasteiger partial charge on any atom is 0.230 e. The average Bonchev–Trinajstić information content (AvgIpc) is 3.30. The highest BCUT2D eigenvalue weighted by Crippen LogP contribution is 2.26. The molecular formula is C25H26Cl2N4OS. The van der Waals surface area contributed by atoms with Gasteiger partial charge in [-0.3, -0.25) is 4.79 Å². The van der Waals surface area contributed by atoms with Crippen molar-refractivity contribution in [2.45, 2.75) is 37.0 Å². The zero-order valence-electron chi connectivity index (χ0n) is 18.3. The van der Waals surface area contributed by atoms with Crippen molar-refractivity contribution in [3.8, 4) is 11.1 Å². The Labute approximate surface area is 208 Å². The number of nitrogens with one attached hydrogen (secondary N) is 2. The van der Waals surface area contributed by atoms with Gasteiger partial charge in [0.1, 0.15) is 0 Å². The fraction of sp³-hybridized carbons (Fsp3) is 0.320. The number of rotatable bonds is 8. The van der Waals surface area contributed by atoms with E-state index in [9.17, 15) is 4.79 Å². The summed E-state index contributed by atoms with van der Waals surface area (Å²) in [5, 5.41) is 8.43. The summed E-state index contributed by atoms with van der Waals surface area (Å²) in [5.74, 6) is 0.768. The predicted molar refractivity (Wildman–Crippen MR) is 136 cm³/mol. The monoisotopic (exact) mass is 500 g/mol. The molecule has 1 fully saturated rings. The molecule has 33 heavy (non-hydrogen) atoms. The number of thioether (sulfide) groups is 1. The van der Waals surface area contributed by atoms with Crippen molar-refractivity contribution in [3.63, 3.8) is 0 Å². The first kappa shape index (κ1) is 24.0. The Bertz CT molecular complexity index is 1080. The highest BCUT2D eigenvalue weighted by Gasteiger charge is 2.29. The molecule has 0 aliphatic carbocycles. The standard InChI is InChI=1S/C25H26Cl2N4OS/c1-16(23-11-18(12-28-23)9-17-7-8-21(26)22(27)10-17)31-24(32)15-33-25-29-13-20(14-30-25)19-5-3-2-4-6-19/h2-8,10,13-14,16,18,23,28H,9,11-12,15H2,1H3,(H,31,32)/t16?,18-,23+/m1/s1. The summed E-state index contributed by atoms with van der Waals surface area (Å²) in [6.07, 6.45) is 5.52. The van der Waals surface area contributed by atoms with Gasteiger partial charge >= 0.3 is 0 Å². The van der Waals surface area contributed by atoms with Gasteiger partial charge in [0, 0.05) is 30.0 Å². The summed E-state index contributed by atoms with van der Waals surface area (Å²) in [7, 11) is 0. The molecular weight excluding hydrogens is 475 g/mol. The van der Waals surface area contributed by atoms with Crippen LogP contribution in [0.3, 0.4) is 0 Å². The third-order valence-electron chi connectivity index (χ3n) is 5.82. The summed E-state index contributed by atoms with van der Waals surface area (Å²) >= 11 is 13.5. The van der Waals surface area contributed by atoms with Crippen LogP contribution in [0.4, 0.5) is 0 Å². The van der Waals surface area contributed by atoms with E-state index in [1.807, 2.05) is 55.5 Å². The topological polar surface area (TPSA) is 66.9 Å². The lowest BCUT2D eigenvalue weighted by Crippen LogP contribution is -2.46. The van der Waals surface area contributed by atoms with Crippen molar-refractivity contribution in [1.29, 1.82) is 0 Å². The molecule has 1 unspecified atom stereocenters. The molecule has 1 saturated heterocycles. The average molecular weight is 501 g/mol. The molecule has 172 valence electrons. The normalized spacial score (nSPS) is 18.8. The molecule has 1 amide bonds. The van der Waals surface area contributed by atoms with Gasteiger partial charge in [0.15, 0.2) is 5.16 Å². The summed E-state index contributed by atoms with van der Waals surface area (Å²) in [6.45, 7) is 2.97. The Kier molecular flexibility index (Phi) is 8.25. The number of benzene rings is 2. The molecule has 3 atom stereocenters. The summed E-state index contributed by atoms with van der Waals surface area (Å²) in [6, 6.07) is 16.1. The highest BCUT2D eigenvalue weighted by atomic mass is 35.5. The molecule has 1 aromatic heterocycles. The minimum Gasteiger partial charge on any atom is -0.351 e. The fourth-order valence-electron chi connectivity index (χ4n) is 4.08. The molecule has 0 spiro atoms. The summed E-state index contributed by atoms with van der Waals surface area (Å²) in [4.78, 5) is 21.2.